The van der Waals surface area contributed by atoms with Crippen molar-refractivity contribution in [3.63, 3.8) is 0 Å². The fourth-order valence-electron chi connectivity index (χ4n) is 7.26. The van der Waals surface area contributed by atoms with Crippen molar-refractivity contribution in [1.29, 1.82) is 0 Å². The van der Waals surface area contributed by atoms with Gasteiger partial charge in [0.1, 0.15) is 36.6 Å². The van der Waals surface area contributed by atoms with Crippen LogP contribution in [0.4, 0.5) is 0 Å². The molecule has 1 saturated carbocycles. The number of rotatable bonds is 20. The average Bonchev–Trinajstić information content (AvgIpc) is 3.26. The maximum Gasteiger partial charge on any atom is 0.187 e. The third-order valence-corrected chi connectivity index (χ3v) is 10.2. The van der Waals surface area contributed by atoms with Gasteiger partial charge in [0.25, 0.3) is 0 Å². The lowest BCUT2D eigenvalue weighted by Gasteiger charge is -2.49. The quantitative estimate of drug-likeness (QED) is 0.0827. The minimum absolute atomic E-state index is 0.00321. The molecule has 16 atom stereocenters. The second-order valence-corrected chi connectivity index (χ2v) is 14.2. The zero-order valence-electron chi connectivity index (χ0n) is 32.6. The fourth-order valence-corrected chi connectivity index (χ4v) is 7.26. The van der Waals surface area contributed by atoms with E-state index in [1.807, 2.05) is 60.7 Å². The number of azide groups is 5. The summed E-state index contributed by atoms with van der Waals surface area (Å²) in [6, 6.07) is 14.2. The number of aliphatic hydroxyl groups is 4. The van der Waals surface area contributed by atoms with E-state index in [1.165, 1.54) is 0 Å². The Hall–Kier alpha value is -5.45. The molecule has 26 nitrogen and oxygen atoms in total. The molecule has 5 rings (SSSR count). The third-order valence-electron chi connectivity index (χ3n) is 10.2. The van der Waals surface area contributed by atoms with Gasteiger partial charge in [0.15, 0.2) is 12.6 Å². The number of hydrogen-bond donors (Lipinski definition) is 4. The molecule has 26 heteroatoms. The first-order valence-corrected chi connectivity index (χ1v) is 19.0. The molecule has 0 aromatic heterocycles. The largest absolute Gasteiger partial charge is 0.391 e. The topological polar surface area (TPSA) is 389 Å². The molecule has 4 N–H and O–H groups in total. The van der Waals surface area contributed by atoms with E-state index in [4.69, 9.17) is 44.2 Å². The second-order valence-electron chi connectivity index (χ2n) is 14.2. The molecule has 2 heterocycles. The maximum absolute atomic E-state index is 12.1. The van der Waals surface area contributed by atoms with Crippen molar-refractivity contribution in [3.8, 4) is 0 Å². The van der Waals surface area contributed by atoms with Gasteiger partial charge in [0.05, 0.1) is 81.6 Å². The number of hydrogen-bond acceptors (Lipinski definition) is 16. The Morgan fingerprint density at radius 3 is 1.75 bits per heavy atom. The van der Waals surface area contributed by atoms with Gasteiger partial charge in [0, 0.05) is 24.6 Å². The maximum atomic E-state index is 12.1. The zero-order valence-corrected chi connectivity index (χ0v) is 32.6. The van der Waals surface area contributed by atoms with E-state index in [0.717, 1.165) is 11.1 Å². The van der Waals surface area contributed by atoms with Crippen LogP contribution in [0, 0.1) is 0 Å². The minimum Gasteiger partial charge on any atom is -0.391 e. The predicted molar refractivity (Wildman–Crippen MR) is 208 cm³/mol. The Bertz CT molecular complexity index is 1950. The minimum atomic E-state index is -1.84. The van der Waals surface area contributed by atoms with E-state index in [1.54, 1.807) is 6.92 Å². The van der Waals surface area contributed by atoms with Gasteiger partial charge in [-0.2, -0.15) is 0 Å². The Morgan fingerprint density at radius 2 is 1.20 bits per heavy atom. The molecule has 0 unspecified atom stereocenters. The molecule has 0 spiro atoms. The summed E-state index contributed by atoms with van der Waals surface area (Å²) in [7, 11) is 0. The molecule has 3 aliphatic rings. The van der Waals surface area contributed by atoms with Crippen LogP contribution < -0.4 is 0 Å². The Labute approximate surface area is 347 Å². The summed E-state index contributed by atoms with van der Waals surface area (Å²) in [5.74, 6) is 0. The summed E-state index contributed by atoms with van der Waals surface area (Å²) in [6.45, 7) is 0.697. The first-order valence-electron chi connectivity index (χ1n) is 19.0. The third kappa shape index (κ3) is 12.3. The first kappa shape index (κ1) is 46.6. The Kier molecular flexibility index (Phi) is 18.0. The molecule has 0 radical (unpaired) electrons. The van der Waals surface area contributed by atoms with E-state index in [-0.39, 0.29) is 32.8 Å². The van der Waals surface area contributed by atoms with E-state index in [2.05, 4.69) is 50.1 Å². The van der Waals surface area contributed by atoms with Crippen LogP contribution in [-0.2, 0) is 46.4 Å². The molecule has 2 aromatic rings. The highest BCUT2D eigenvalue weighted by atomic mass is 16.7. The van der Waals surface area contributed by atoms with Gasteiger partial charge in [0.2, 0.25) is 0 Å². The molecule has 3 fully saturated rings. The summed E-state index contributed by atoms with van der Waals surface area (Å²) >= 11 is 0. The van der Waals surface area contributed by atoms with E-state index >= 15 is 0 Å². The predicted octanol–water partition coefficient (Wildman–Crippen LogP) is 4.29. The average molecular weight is 852 g/mol. The lowest BCUT2D eigenvalue weighted by atomic mass is 9.84. The molecule has 61 heavy (non-hydrogen) atoms. The summed E-state index contributed by atoms with van der Waals surface area (Å²) in [5.41, 5.74) is 47.6. The van der Waals surface area contributed by atoms with Crippen molar-refractivity contribution in [1.82, 2.24) is 0 Å². The molecule has 2 aliphatic heterocycles. The summed E-state index contributed by atoms with van der Waals surface area (Å²) < 4.78 is 44.0. The van der Waals surface area contributed by atoms with Crippen LogP contribution in [0.2, 0.25) is 0 Å². The van der Waals surface area contributed by atoms with Gasteiger partial charge >= 0.3 is 0 Å². The zero-order chi connectivity index (χ0) is 43.7. The van der Waals surface area contributed by atoms with Crippen LogP contribution in [0.1, 0.15) is 24.5 Å². The lowest BCUT2D eigenvalue weighted by Crippen LogP contribution is -2.65. The van der Waals surface area contributed by atoms with Crippen LogP contribution in [0.3, 0.4) is 0 Å². The standard InChI is InChI=1S/C35H45N15O11/c1-18-29(57-17-21(51)13-41-46-36)32(55-15-19-8-4-2-5-9-19)33(56-16-20-10-6-3-7-11-20)35(58-18)61-31-23(44-49-39)12-22(43-48-38)30(28(31)54)60-34-25(45-50-40)27(53)26(52)24(59-34)14-42-47-37/h2-11,18,21-35,51-54H,12-17H2,1H3/t18-,21-,22+,23-,24-,25-,26-,27-,28+,29-,30-,31+,32+,33-,34-,35-/m1/s1. The van der Waals surface area contributed by atoms with Gasteiger partial charge in [-0.1, -0.05) is 86.2 Å². The molecular weight excluding hydrogens is 806 g/mol. The van der Waals surface area contributed by atoms with Gasteiger partial charge in [-0.15, -0.1) is 0 Å². The first-order chi connectivity index (χ1) is 29.6. The van der Waals surface area contributed by atoms with Gasteiger partial charge in [-0.3, -0.25) is 0 Å². The molecule has 1 aliphatic carbocycles. The van der Waals surface area contributed by atoms with Gasteiger partial charge < -0.3 is 53.6 Å². The van der Waals surface area contributed by atoms with Crippen molar-refractivity contribution in [2.45, 2.75) is 124 Å². The van der Waals surface area contributed by atoms with Crippen LogP contribution in [0.25, 0.3) is 52.2 Å². The monoisotopic (exact) mass is 851 g/mol. The van der Waals surface area contributed by atoms with Crippen molar-refractivity contribution in [3.05, 3.63) is 124 Å². The SMILES string of the molecule is C[C@H]1O[C@H](O[C@@H]2[C@@H](O)[C@H](O[C@H]3O[C@H](CN=[N+]=[N-])[C@@H](O)[C@H](O)[C@H]3N=[N+]=[N-])[C@@H](N=[N+]=[N-])C[C@H]2N=[N+]=[N-])[C@H](OCc2ccccc2)[C@@H](OCc2ccccc2)[C@@H]1OC[C@H](O)CN=[N+]=[N-]. The number of benzene rings is 2. The number of aliphatic hydroxyl groups excluding tert-OH is 4. The van der Waals surface area contributed by atoms with Crippen LogP contribution >= 0.6 is 0 Å². The highest BCUT2D eigenvalue weighted by Gasteiger charge is 2.54. The van der Waals surface area contributed by atoms with E-state index in [0.29, 0.717) is 0 Å². The summed E-state index contributed by atoms with van der Waals surface area (Å²) in [5, 5.41) is 62.1. The van der Waals surface area contributed by atoms with Crippen molar-refractivity contribution < 1.29 is 53.6 Å². The Balaban J connectivity index is 1.50. The second kappa shape index (κ2) is 23.5. The molecule has 0 bridgehead atoms. The number of nitrogens with zero attached hydrogens (tertiary/aromatic N) is 15. The molecule has 0 amide bonds. The van der Waals surface area contributed by atoms with E-state index < -0.39 is 104 Å². The van der Waals surface area contributed by atoms with Gasteiger partial charge in [-0.25, -0.2) is 0 Å². The molecule has 326 valence electrons. The van der Waals surface area contributed by atoms with Crippen LogP contribution in [0.15, 0.2) is 86.2 Å². The normalized spacial score (nSPS) is 33.9. The lowest BCUT2D eigenvalue weighted by molar-refractivity contribution is -0.343. The fraction of sp³-hybridized carbons (Fsp3) is 0.657. The van der Waals surface area contributed by atoms with Crippen molar-refractivity contribution in [2.24, 2.45) is 25.6 Å². The van der Waals surface area contributed by atoms with Crippen molar-refractivity contribution >= 4 is 0 Å². The Morgan fingerprint density at radius 1 is 0.639 bits per heavy atom. The van der Waals surface area contributed by atoms with Gasteiger partial charge in [-0.05, 0) is 52.1 Å². The summed E-state index contributed by atoms with van der Waals surface area (Å²) in [6.07, 6.45) is -18.3. The summed E-state index contributed by atoms with van der Waals surface area (Å²) in [4.78, 5) is 13.9. The van der Waals surface area contributed by atoms with Crippen LogP contribution in [-0.4, -0.2) is 138 Å². The molecular formula is C35H45N15O11. The smallest absolute Gasteiger partial charge is 0.187 e. The highest BCUT2D eigenvalue weighted by molar-refractivity contribution is 5.15. The number of ether oxygens (including phenoxy) is 7. The molecule has 2 saturated heterocycles. The van der Waals surface area contributed by atoms with Crippen molar-refractivity contribution in [2.75, 3.05) is 19.7 Å². The molecule has 2 aromatic carbocycles. The highest BCUT2D eigenvalue weighted by Crippen LogP contribution is 2.37. The van der Waals surface area contributed by atoms with Crippen LogP contribution in [0.5, 0.6) is 0 Å². The van der Waals surface area contributed by atoms with E-state index in [9.17, 15) is 37.0 Å².